The monoisotopic (exact) mass is 394 g/mol. The van der Waals surface area contributed by atoms with Crippen LogP contribution in [-0.2, 0) is 14.3 Å². The van der Waals surface area contributed by atoms with E-state index in [2.05, 4.69) is 5.32 Å². The Balaban J connectivity index is 1.85. The molecule has 0 aliphatic heterocycles. The van der Waals surface area contributed by atoms with Crippen LogP contribution in [0.5, 0.6) is 0 Å². The van der Waals surface area contributed by atoms with Gasteiger partial charge >= 0.3 is 5.97 Å². The molecule has 26 heavy (non-hydrogen) atoms. The fraction of sp³-hybridized carbons (Fsp3) is 0.0588. The summed E-state index contributed by atoms with van der Waals surface area (Å²) in [6.45, 7) is -0.502. The van der Waals surface area contributed by atoms with Crippen LogP contribution >= 0.6 is 23.2 Å². The lowest BCUT2D eigenvalue weighted by Crippen LogP contribution is -2.20. The largest absolute Gasteiger partial charge is 0.452 e. The zero-order valence-corrected chi connectivity index (χ0v) is 14.7. The summed E-state index contributed by atoms with van der Waals surface area (Å²) in [5, 5.41) is 13.8. The number of nitrogens with one attached hydrogen (secondary N) is 1. The number of hydrogen-bond donors (Lipinski definition) is 1. The summed E-state index contributed by atoms with van der Waals surface area (Å²) in [5.74, 6) is -1.32. The maximum Gasteiger partial charge on any atom is 0.331 e. The molecule has 0 heterocycles. The zero-order valence-electron chi connectivity index (χ0n) is 13.1. The van der Waals surface area contributed by atoms with Crippen LogP contribution in [0.3, 0.4) is 0 Å². The molecule has 0 aromatic heterocycles. The van der Waals surface area contributed by atoms with Gasteiger partial charge in [-0.05, 0) is 29.8 Å². The molecule has 0 saturated heterocycles. The summed E-state index contributed by atoms with van der Waals surface area (Å²) in [7, 11) is 0. The van der Waals surface area contributed by atoms with Gasteiger partial charge in [0.2, 0.25) is 0 Å². The van der Waals surface area contributed by atoms with E-state index in [0.29, 0.717) is 16.3 Å². The predicted molar refractivity (Wildman–Crippen MR) is 98.2 cm³/mol. The quantitative estimate of drug-likeness (QED) is 0.344. The number of benzene rings is 2. The Morgan fingerprint density at radius 3 is 2.62 bits per heavy atom. The number of halogens is 2. The number of carbonyl (C=O) groups excluding carboxylic acids is 2. The molecular formula is C17H12Cl2N2O5. The standard InChI is InChI=1S/C17H12Cl2N2O5/c18-14-6-5-12(9-15(14)19)20-16(22)10-26-17(23)7-4-11-2-1-3-13(8-11)21(24)25/h1-9H,10H2,(H,20,22). The first-order valence-corrected chi connectivity index (χ1v) is 7.95. The number of ether oxygens (including phenoxy) is 1. The number of non-ortho nitro benzene ring substituents is 1. The summed E-state index contributed by atoms with van der Waals surface area (Å²) >= 11 is 11.6. The molecule has 7 nitrogen and oxygen atoms in total. The van der Waals surface area contributed by atoms with Crippen LogP contribution in [0.1, 0.15) is 5.56 Å². The number of esters is 1. The zero-order chi connectivity index (χ0) is 19.1. The number of carbonyl (C=O) groups is 2. The number of hydrogen-bond acceptors (Lipinski definition) is 5. The second-order valence-electron chi connectivity index (χ2n) is 4.97. The minimum absolute atomic E-state index is 0.0958. The van der Waals surface area contributed by atoms with Crippen LogP contribution in [0, 0.1) is 10.1 Å². The molecule has 0 bridgehead atoms. The third-order valence-corrected chi connectivity index (χ3v) is 3.78. The minimum atomic E-state index is -0.763. The van der Waals surface area contributed by atoms with E-state index in [1.54, 1.807) is 12.1 Å². The van der Waals surface area contributed by atoms with Gasteiger partial charge in [0.05, 0.1) is 15.0 Å². The lowest BCUT2D eigenvalue weighted by atomic mass is 10.2. The fourth-order valence-corrected chi connectivity index (χ4v) is 2.16. The van der Waals surface area contributed by atoms with E-state index in [1.165, 1.54) is 36.4 Å². The molecule has 2 rings (SSSR count). The summed E-state index contributed by atoms with van der Waals surface area (Å²) in [6.07, 6.45) is 2.43. The van der Waals surface area contributed by atoms with Crippen LogP contribution in [0.25, 0.3) is 6.08 Å². The van der Waals surface area contributed by atoms with Crippen LogP contribution < -0.4 is 5.32 Å². The molecule has 0 atom stereocenters. The van der Waals surface area contributed by atoms with Crippen LogP contribution in [0.4, 0.5) is 11.4 Å². The van der Waals surface area contributed by atoms with E-state index in [1.807, 2.05) is 0 Å². The highest BCUT2D eigenvalue weighted by Gasteiger charge is 2.08. The van der Waals surface area contributed by atoms with E-state index in [4.69, 9.17) is 27.9 Å². The first-order valence-electron chi connectivity index (χ1n) is 7.19. The van der Waals surface area contributed by atoms with Gasteiger partial charge in [-0.3, -0.25) is 14.9 Å². The van der Waals surface area contributed by atoms with Crippen molar-refractivity contribution in [3.05, 3.63) is 74.3 Å². The lowest BCUT2D eigenvalue weighted by Gasteiger charge is -2.06. The third-order valence-electron chi connectivity index (χ3n) is 3.04. The number of nitro groups is 1. The number of anilines is 1. The fourth-order valence-electron chi connectivity index (χ4n) is 1.86. The molecule has 0 saturated carbocycles. The second kappa shape index (κ2) is 8.98. The Morgan fingerprint density at radius 2 is 1.92 bits per heavy atom. The third kappa shape index (κ3) is 5.87. The Morgan fingerprint density at radius 1 is 1.15 bits per heavy atom. The van der Waals surface area contributed by atoms with Crippen LogP contribution in [0.2, 0.25) is 10.0 Å². The lowest BCUT2D eigenvalue weighted by molar-refractivity contribution is -0.384. The van der Waals surface area contributed by atoms with Gasteiger partial charge in [-0.25, -0.2) is 4.79 Å². The molecule has 2 aromatic rings. The van der Waals surface area contributed by atoms with Gasteiger partial charge in [0.1, 0.15) is 0 Å². The van der Waals surface area contributed by atoms with Crippen molar-refractivity contribution in [1.82, 2.24) is 0 Å². The summed E-state index contributed by atoms with van der Waals surface area (Å²) in [4.78, 5) is 33.5. The van der Waals surface area contributed by atoms with Gasteiger partial charge in [0.15, 0.2) is 6.61 Å². The van der Waals surface area contributed by atoms with Gasteiger partial charge < -0.3 is 10.1 Å². The molecule has 0 aliphatic rings. The number of nitrogens with zero attached hydrogens (tertiary/aromatic N) is 1. The number of rotatable bonds is 6. The smallest absolute Gasteiger partial charge is 0.331 e. The van der Waals surface area contributed by atoms with E-state index >= 15 is 0 Å². The molecule has 0 spiro atoms. The minimum Gasteiger partial charge on any atom is -0.452 e. The topological polar surface area (TPSA) is 98.5 Å². The Hall–Kier alpha value is -2.90. The van der Waals surface area contributed by atoms with E-state index in [-0.39, 0.29) is 10.7 Å². The van der Waals surface area contributed by atoms with Crippen LogP contribution in [-0.4, -0.2) is 23.4 Å². The van der Waals surface area contributed by atoms with Crippen molar-refractivity contribution in [2.24, 2.45) is 0 Å². The predicted octanol–water partition coefficient (Wildman–Crippen LogP) is 4.10. The molecular weight excluding hydrogens is 383 g/mol. The molecule has 2 aromatic carbocycles. The molecule has 9 heteroatoms. The Kier molecular flexibility index (Phi) is 6.71. The van der Waals surface area contributed by atoms with Crippen molar-refractivity contribution in [3.63, 3.8) is 0 Å². The van der Waals surface area contributed by atoms with Crippen molar-refractivity contribution < 1.29 is 19.2 Å². The molecule has 0 radical (unpaired) electrons. The van der Waals surface area contributed by atoms with Gasteiger partial charge in [-0.1, -0.05) is 35.3 Å². The number of amides is 1. The van der Waals surface area contributed by atoms with Gasteiger partial charge in [0.25, 0.3) is 11.6 Å². The Bertz CT molecular complexity index is 883. The first kappa shape index (κ1) is 19.4. The normalized spacial score (nSPS) is 10.5. The van der Waals surface area contributed by atoms with E-state index < -0.39 is 23.4 Å². The van der Waals surface area contributed by atoms with Crippen molar-refractivity contribution in [2.75, 3.05) is 11.9 Å². The highest BCUT2D eigenvalue weighted by Crippen LogP contribution is 2.24. The van der Waals surface area contributed by atoms with Crippen molar-refractivity contribution >= 4 is 52.5 Å². The van der Waals surface area contributed by atoms with Crippen molar-refractivity contribution in [3.8, 4) is 0 Å². The molecule has 0 aliphatic carbocycles. The molecule has 0 unspecified atom stereocenters. The van der Waals surface area contributed by atoms with Gasteiger partial charge in [-0.15, -0.1) is 0 Å². The Labute approximate surface area is 158 Å². The summed E-state index contributed by atoms with van der Waals surface area (Å²) in [5.41, 5.74) is 0.769. The van der Waals surface area contributed by atoms with Crippen LogP contribution in [0.15, 0.2) is 48.5 Å². The highest BCUT2D eigenvalue weighted by atomic mass is 35.5. The first-order chi connectivity index (χ1) is 12.3. The van der Waals surface area contributed by atoms with Gasteiger partial charge in [0, 0.05) is 23.9 Å². The summed E-state index contributed by atoms with van der Waals surface area (Å²) < 4.78 is 4.80. The van der Waals surface area contributed by atoms with E-state index in [9.17, 15) is 19.7 Å². The van der Waals surface area contributed by atoms with Crippen molar-refractivity contribution in [2.45, 2.75) is 0 Å². The molecule has 1 amide bonds. The SMILES string of the molecule is O=C(COC(=O)C=Cc1cccc([N+](=O)[O-])c1)Nc1ccc(Cl)c(Cl)c1. The molecule has 1 N–H and O–H groups in total. The average Bonchev–Trinajstić information content (AvgIpc) is 2.61. The average molecular weight is 395 g/mol. The molecule has 134 valence electrons. The van der Waals surface area contributed by atoms with E-state index in [0.717, 1.165) is 6.08 Å². The number of nitro benzene ring substituents is 1. The maximum absolute atomic E-state index is 11.7. The summed E-state index contributed by atoms with van der Waals surface area (Å²) in [6, 6.07) is 10.3. The van der Waals surface area contributed by atoms with Crippen molar-refractivity contribution in [1.29, 1.82) is 0 Å². The second-order valence-corrected chi connectivity index (χ2v) is 5.78. The maximum atomic E-state index is 11.7. The van der Waals surface area contributed by atoms with Gasteiger partial charge in [-0.2, -0.15) is 0 Å². The molecule has 0 fully saturated rings. The highest BCUT2D eigenvalue weighted by molar-refractivity contribution is 6.42.